The number of imide groups is 1. The number of amides is 2. The zero-order chi connectivity index (χ0) is 14.1. The maximum Gasteiger partial charge on any atom is 0.263 e. The average Bonchev–Trinajstić information content (AvgIpc) is 2.71. The molecule has 0 aliphatic carbocycles. The molecule has 0 spiro atoms. The fourth-order valence-electron chi connectivity index (χ4n) is 2.22. The monoisotopic (exact) mass is 302 g/mol. The Morgan fingerprint density at radius 3 is 1.95 bits per heavy atom. The lowest BCUT2D eigenvalue weighted by atomic mass is 10.1. The molecule has 1 aliphatic rings. The predicted octanol–water partition coefficient (Wildman–Crippen LogP) is 3.08. The minimum Gasteiger partial charge on any atom is -0.367 e. The van der Waals surface area contributed by atoms with Crippen LogP contribution in [-0.4, -0.2) is 23.4 Å². The van der Waals surface area contributed by atoms with Crippen molar-refractivity contribution in [3.05, 3.63) is 65.2 Å². The summed E-state index contributed by atoms with van der Waals surface area (Å²) in [5, 5.41) is 3.09. The highest BCUT2D eigenvalue weighted by Gasteiger charge is 2.34. The number of fused-ring (bicyclic) bond motifs is 1. The summed E-state index contributed by atoms with van der Waals surface area (Å²) in [6, 6.07) is 14.7. The number of carbonyl (C=O) groups is 2. The molecule has 3 rings (SSSR count). The standard InChI is InChI=1S/C16H14N2O2.ClH/c1-11-6-8-12(9-7-11)17-10-18-15(19)13-4-2-3-5-14(13)16(18)20;/h2-9,17H,10H2,1H3;1H. The van der Waals surface area contributed by atoms with Crippen molar-refractivity contribution in [3.63, 3.8) is 0 Å². The van der Waals surface area contributed by atoms with Crippen LogP contribution in [0.3, 0.4) is 0 Å². The van der Waals surface area contributed by atoms with Gasteiger partial charge in [0.2, 0.25) is 0 Å². The van der Waals surface area contributed by atoms with Crippen molar-refractivity contribution in [2.75, 3.05) is 12.0 Å². The molecule has 0 unspecified atom stereocenters. The van der Waals surface area contributed by atoms with Crippen LogP contribution in [0.1, 0.15) is 26.3 Å². The van der Waals surface area contributed by atoms with Crippen molar-refractivity contribution in [1.82, 2.24) is 4.90 Å². The van der Waals surface area contributed by atoms with Gasteiger partial charge in [-0.25, -0.2) is 0 Å². The average molecular weight is 303 g/mol. The van der Waals surface area contributed by atoms with E-state index in [0.29, 0.717) is 11.1 Å². The summed E-state index contributed by atoms with van der Waals surface area (Å²) in [5.74, 6) is -0.490. The third kappa shape index (κ3) is 2.76. The van der Waals surface area contributed by atoms with Gasteiger partial charge in [-0.3, -0.25) is 14.5 Å². The third-order valence-electron chi connectivity index (χ3n) is 3.37. The first-order chi connectivity index (χ1) is 9.66. The van der Waals surface area contributed by atoms with Crippen LogP contribution in [-0.2, 0) is 0 Å². The molecule has 21 heavy (non-hydrogen) atoms. The number of nitrogens with one attached hydrogen (secondary N) is 1. The summed E-state index contributed by atoms with van der Waals surface area (Å²) in [6.45, 7) is 2.18. The van der Waals surface area contributed by atoms with E-state index in [1.54, 1.807) is 24.3 Å². The highest BCUT2D eigenvalue weighted by molar-refractivity contribution is 6.21. The van der Waals surface area contributed by atoms with Gasteiger partial charge in [0, 0.05) is 5.69 Å². The minimum absolute atomic E-state index is 0. The van der Waals surface area contributed by atoms with E-state index in [1.807, 2.05) is 31.2 Å². The minimum atomic E-state index is -0.245. The molecule has 1 N–H and O–H groups in total. The van der Waals surface area contributed by atoms with E-state index in [2.05, 4.69) is 5.32 Å². The summed E-state index contributed by atoms with van der Waals surface area (Å²) >= 11 is 0. The van der Waals surface area contributed by atoms with Gasteiger partial charge in [-0.2, -0.15) is 0 Å². The van der Waals surface area contributed by atoms with E-state index in [-0.39, 0.29) is 30.9 Å². The lowest BCUT2D eigenvalue weighted by molar-refractivity contribution is 0.0666. The quantitative estimate of drug-likeness (QED) is 0.886. The highest BCUT2D eigenvalue weighted by Crippen LogP contribution is 2.22. The zero-order valence-electron chi connectivity index (χ0n) is 11.5. The maximum atomic E-state index is 12.1. The summed E-state index contributed by atoms with van der Waals surface area (Å²) in [5.41, 5.74) is 3.00. The van der Waals surface area contributed by atoms with Gasteiger partial charge in [-0.1, -0.05) is 29.8 Å². The Morgan fingerprint density at radius 1 is 0.905 bits per heavy atom. The normalized spacial score (nSPS) is 12.9. The molecule has 2 aromatic rings. The molecule has 0 saturated heterocycles. The number of anilines is 1. The molecule has 4 nitrogen and oxygen atoms in total. The molecule has 5 heteroatoms. The first kappa shape index (κ1) is 15.1. The van der Waals surface area contributed by atoms with Gasteiger partial charge in [0.25, 0.3) is 11.8 Å². The molecule has 0 saturated carbocycles. The lowest BCUT2D eigenvalue weighted by Gasteiger charge is -2.15. The number of aryl methyl sites for hydroxylation is 1. The van der Waals surface area contributed by atoms with Crippen LogP contribution < -0.4 is 5.32 Å². The summed E-state index contributed by atoms with van der Waals surface area (Å²) in [7, 11) is 0. The Kier molecular flexibility index (Phi) is 4.29. The van der Waals surface area contributed by atoms with Crippen LogP contribution in [0, 0.1) is 6.92 Å². The number of hydrogen-bond acceptors (Lipinski definition) is 3. The predicted molar refractivity (Wildman–Crippen MR) is 83.9 cm³/mol. The second-order valence-corrected chi connectivity index (χ2v) is 4.78. The fourth-order valence-corrected chi connectivity index (χ4v) is 2.22. The van der Waals surface area contributed by atoms with E-state index >= 15 is 0 Å². The smallest absolute Gasteiger partial charge is 0.263 e. The van der Waals surface area contributed by atoms with Crippen LogP contribution in [0.25, 0.3) is 0 Å². The highest BCUT2D eigenvalue weighted by atomic mass is 35.5. The molecule has 0 atom stereocenters. The van der Waals surface area contributed by atoms with Crippen molar-refractivity contribution in [2.24, 2.45) is 0 Å². The van der Waals surface area contributed by atoms with Crippen LogP contribution in [0.15, 0.2) is 48.5 Å². The van der Waals surface area contributed by atoms with Crippen molar-refractivity contribution in [3.8, 4) is 0 Å². The van der Waals surface area contributed by atoms with Crippen molar-refractivity contribution >= 4 is 29.9 Å². The van der Waals surface area contributed by atoms with E-state index in [0.717, 1.165) is 11.3 Å². The number of nitrogens with zero attached hydrogens (tertiary/aromatic N) is 1. The second kappa shape index (κ2) is 5.97. The topological polar surface area (TPSA) is 49.4 Å². The molecule has 108 valence electrons. The van der Waals surface area contributed by atoms with Gasteiger partial charge in [0.15, 0.2) is 0 Å². The Labute approximate surface area is 129 Å². The summed E-state index contributed by atoms with van der Waals surface area (Å²) in [6.07, 6.45) is 0. The zero-order valence-corrected chi connectivity index (χ0v) is 12.3. The van der Waals surface area contributed by atoms with Crippen molar-refractivity contribution in [1.29, 1.82) is 0 Å². The van der Waals surface area contributed by atoms with Crippen LogP contribution in [0.5, 0.6) is 0 Å². The molecule has 2 aromatic carbocycles. The maximum absolute atomic E-state index is 12.1. The summed E-state index contributed by atoms with van der Waals surface area (Å²) < 4.78 is 0. The molecule has 0 fully saturated rings. The van der Waals surface area contributed by atoms with E-state index in [1.165, 1.54) is 4.90 Å². The van der Waals surface area contributed by atoms with E-state index < -0.39 is 0 Å². The number of benzene rings is 2. The number of rotatable bonds is 3. The Hall–Kier alpha value is -2.33. The first-order valence-electron chi connectivity index (χ1n) is 6.42. The van der Waals surface area contributed by atoms with Gasteiger partial charge in [-0.05, 0) is 31.2 Å². The lowest BCUT2D eigenvalue weighted by Crippen LogP contribution is -2.34. The van der Waals surface area contributed by atoms with Crippen molar-refractivity contribution < 1.29 is 9.59 Å². The Balaban J connectivity index is 0.00000161. The van der Waals surface area contributed by atoms with Gasteiger partial charge in [0.1, 0.15) is 0 Å². The van der Waals surface area contributed by atoms with E-state index in [4.69, 9.17) is 0 Å². The second-order valence-electron chi connectivity index (χ2n) is 4.78. The van der Waals surface area contributed by atoms with Crippen LogP contribution >= 0.6 is 12.4 Å². The number of hydrogen-bond donors (Lipinski definition) is 1. The molecular formula is C16H15ClN2O2. The number of halogens is 1. The van der Waals surface area contributed by atoms with Gasteiger partial charge in [-0.15, -0.1) is 12.4 Å². The molecule has 2 amide bonds. The Bertz CT molecular complexity index is 648. The molecule has 0 aromatic heterocycles. The van der Waals surface area contributed by atoms with Crippen LogP contribution in [0.2, 0.25) is 0 Å². The third-order valence-corrected chi connectivity index (χ3v) is 3.37. The largest absolute Gasteiger partial charge is 0.367 e. The molecule has 0 bridgehead atoms. The molecule has 1 aliphatic heterocycles. The molecule has 1 heterocycles. The van der Waals surface area contributed by atoms with Gasteiger partial charge in [0.05, 0.1) is 17.8 Å². The number of carbonyl (C=O) groups excluding carboxylic acids is 2. The molecular weight excluding hydrogens is 288 g/mol. The molecule has 0 radical (unpaired) electrons. The van der Waals surface area contributed by atoms with Crippen LogP contribution in [0.4, 0.5) is 5.69 Å². The Morgan fingerprint density at radius 2 is 1.43 bits per heavy atom. The SMILES string of the molecule is Cc1ccc(NCN2C(=O)c3ccccc3C2=O)cc1.Cl. The van der Waals surface area contributed by atoms with Crippen molar-refractivity contribution in [2.45, 2.75) is 6.92 Å². The summed E-state index contributed by atoms with van der Waals surface area (Å²) in [4.78, 5) is 25.5. The first-order valence-corrected chi connectivity index (χ1v) is 6.42. The van der Waals surface area contributed by atoms with Gasteiger partial charge < -0.3 is 5.32 Å². The van der Waals surface area contributed by atoms with Gasteiger partial charge >= 0.3 is 0 Å². The van der Waals surface area contributed by atoms with E-state index in [9.17, 15) is 9.59 Å². The fraction of sp³-hybridized carbons (Fsp3) is 0.125.